The molecular formula is C18H38IN5O. The number of nitrogens with one attached hydrogen (secondary N) is 1. The maximum absolute atomic E-state index is 5.48. The Balaban J connectivity index is 0.00000312. The van der Waals surface area contributed by atoms with Gasteiger partial charge in [0.05, 0.1) is 13.2 Å². The fourth-order valence-electron chi connectivity index (χ4n) is 3.62. The third-order valence-electron chi connectivity index (χ3n) is 5.15. The van der Waals surface area contributed by atoms with E-state index in [0.29, 0.717) is 6.04 Å². The number of rotatable bonds is 8. The number of guanidine groups is 1. The Morgan fingerprint density at radius 1 is 1.16 bits per heavy atom. The molecular weight excluding hydrogens is 429 g/mol. The van der Waals surface area contributed by atoms with Crippen LogP contribution in [0.1, 0.15) is 33.6 Å². The zero-order valence-electron chi connectivity index (χ0n) is 16.4. The second-order valence-corrected chi connectivity index (χ2v) is 6.65. The number of hydrogen-bond donors (Lipinski definition) is 1. The molecule has 2 saturated heterocycles. The molecule has 7 heteroatoms. The highest BCUT2D eigenvalue weighted by Crippen LogP contribution is 2.17. The van der Waals surface area contributed by atoms with E-state index in [1.165, 1.54) is 6.42 Å². The van der Waals surface area contributed by atoms with E-state index < -0.39 is 0 Å². The molecule has 6 nitrogen and oxygen atoms in total. The summed E-state index contributed by atoms with van der Waals surface area (Å²) < 4.78 is 5.48. The van der Waals surface area contributed by atoms with Gasteiger partial charge in [0, 0.05) is 45.3 Å². The smallest absolute Gasteiger partial charge is 0.193 e. The van der Waals surface area contributed by atoms with Gasteiger partial charge in [0.1, 0.15) is 0 Å². The summed E-state index contributed by atoms with van der Waals surface area (Å²) in [5.41, 5.74) is 0. The molecule has 2 aliphatic heterocycles. The molecule has 0 aromatic rings. The number of morpholine rings is 1. The summed E-state index contributed by atoms with van der Waals surface area (Å²) in [6.07, 6.45) is 2.38. The van der Waals surface area contributed by atoms with E-state index in [1.807, 2.05) is 0 Å². The van der Waals surface area contributed by atoms with Gasteiger partial charge in [-0.2, -0.15) is 0 Å². The van der Waals surface area contributed by atoms with Crippen molar-refractivity contribution in [1.29, 1.82) is 0 Å². The van der Waals surface area contributed by atoms with Gasteiger partial charge in [0.15, 0.2) is 5.96 Å². The molecule has 2 aliphatic rings. The third kappa shape index (κ3) is 7.56. The average molecular weight is 467 g/mol. The lowest BCUT2D eigenvalue weighted by molar-refractivity contribution is 0.0195. The van der Waals surface area contributed by atoms with Crippen LogP contribution in [0.5, 0.6) is 0 Å². The van der Waals surface area contributed by atoms with E-state index in [-0.39, 0.29) is 24.0 Å². The van der Waals surface area contributed by atoms with Crippen molar-refractivity contribution in [2.24, 2.45) is 4.99 Å². The number of halogens is 1. The summed E-state index contributed by atoms with van der Waals surface area (Å²) in [5.74, 6) is 1.10. The summed E-state index contributed by atoms with van der Waals surface area (Å²) in [4.78, 5) is 12.4. The van der Waals surface area contributed by atoms with Crippen LogP contribution in [-0.4, -0.2) is 98.8 Å². The molecule has 0 saturated carbocycles. The molecule has 1 N–H and O–H groups in total. The minimum absolute atomic E-state index is 0. The van der Waals surface area contributed by atoms with E-state index in [0.717, 1.165) is 84.5 Å². The van der Waals surface area contributed by atoms with Crippen LogP contribution in [0.25, 0.3) is 0 Å². The van der Waals surface area contributed by atoms with Gasteiger partial charge in [-0.1, -0.05) is 13.8 Å². The lowest BCUT2D eigenvalue weighted by atomic mass is 10.2. The van der Waals surface area contributed by atoms with Crippen LogP contribution in [0, 0.1) is 0 Å². The first-order valence-electron chi connectivity index (χ1n) is 9.85. The van der Waals surface area contributed by atoms with Gasteiger partial charge in [-0.05, 0) is 39.4 Å². The first kappa shape index (κ1) is 22.9. The van der Waals surface area contributed by atoms with Gasteiger partial charge in [0.2, 0.25) is 0 Å². The first-order chi connectivity index (χ1) is 11.8. The van der Waals surface area contributed by atoms with Crippen molar-refractivity contribution >= 4 is 29.9 Å². The quantitative estimate of drug-likeness (QED) is 0.255. The van der Waals surface area contributed by atoms with Gasteiger partial charge in [-0.25, -0.2) is 0 Å². The fourth-order valence-corrected chi connectivity index (χ4v) is 3.62. The van der Waals surface area contributed by atoms with Crippen LogP contribution in [0.2, 0.25) is 0 Å². The van der Waals surface area contributed by atoms with Crippen LogP contribution in [0.3, 0.4) is 0 Å². The highest BCUT2D eigenvalue weighted by atomic mass is 127. The molecule has 0 aromatic carbocycles. The summed E-state index contributed by atoms with van der Waals surface area (Å²) in [7, 11) is 0. The summed E-state index contributed by atoms with van der Waals surface area (Å²) in [5, 5.41) is 3.48. The molecule has 1 unspecified atom stereocenters. The van der Waals surface area contributed by atoms with Crippen molar-refractivity contribution in [3.05, 3.63) is 0 Å². The predicted octanol–water partition coefficient (Wildman–Crippen LogP) is 1.71. The highest BCUT2D eigenvalue weighted by Gasteiger charge is 2.30. The first-order valence-corrected chi connectivity index (χ1v) is 9.85. The molecule has 0 aromatic heterocycles. The maximum Gasteiger partial charge on any atom is 0.193 e. The van der Waals surface area contributed by atoms with Gasteiger partial charge >= 0.3 is 0 Å². The largest absolute Gasteiger partial charge is 0.379 e. The lowest BCUT2D eigenvalue weighted by Crippen LogP contribution is -2.46. The Hall–Kier alpha value is -0.120. The Labute approximate surface area is 171 Å². The molecule has 148 valence electrons. The minimum atomic E-state index is 0. The standard InChI is InChI=1S/C18H37N5O.HI/c1-4-19-18(20-9-7-10-21(5-2)6-3)23-11-8-17(16-23)22-12-14-24-15-13-22;/h17H,4-16H2,1-3H3,(H,19,20);1H. The fraction of sp³-hybridized carbons (Fsp3) is 0.944. The normalized spacial score (nSPS) is 22.3. The molecule has 0 aliphatic carbocycles. The van der Waals surface area contributed by atoms with Crippen molar-refractivity contribution < 1.29 is 4.74 Å². The molecule has 0 amide bonds. The summed E-state index contributed by atoms with van der Waals surface area (Å²) >= 11 is 0. The predicted molar refractivity (Wildman–Crippen MR) is 116 cm³/mol. The van der Waals surface area contributed by atoms with Crippen LogP contribution < -0.4 is 5.32 Å². The van der Waals surface area contributed by atoms with Crippen molar-refractivity contribution in [3.63, 3.8) is 0 Å². The monoisotopic (exact) mass is 467 g/mol. The molecule has 0 radical (unpaired) electrons. The average Bonchev–Trinajstić information content (AvgIpc) is 3.11. The highest BCUT2D eigenvalue weighted by molar-refractivity contribution is 14.0. The third-order valence-corrected chi connectivity index (χ3v) is 5.15. The van der Waals surface area contributed by atoms with E-state index in [4.69, 9.17) is 9.73 Å². The number of likely N-dealkylation sites (tertiary alicyclic amines) is 1. The number of nitrogens with zero attached hydrogens (tertiary/aromatic N) is 4. The van der Waals surface area contributed by atoms with Crippen molar-refractivity contribution in [2.45, 2.75) is 39.7 Å². The van der Waals surface area contributed by atoms with Crippen molar-refractivity contribution in [2.75, 3.05) is 72.1 Å². The maximum atomic E-state index is 5.48. The molecule has 2 rings (SSSR count). The molecule has 0 spiro atoms. The van der Waals surface area contributed by atoms with Crippen LogP contribution in [0.15, 0.2) is 4.99 Å². The Bertz CT molecular complexity index is 372. The summed E-state index contributed by atoms with van der Waals surface area (Å²) in [6.45, 7) is 18.0. The molecule has 25 heavy (non-hydrogen) atoms. The van der Waals surface area contributed by atoms with Crippen molar-refractivity contribution in [1.82, 2.24) is 20.0 Å². The molecule has 1 atom stereocenters. The van der Waals surface area contributed by atoms with E-state index >= 15 is 0 Å². The van der Waals surface area contributed by atoms with Gasteiger partial charge in [-0.15, -0.1) is 24.0 Å². The Kier molecular flexibility index (Phi) is 12.0. The SMILES string of the molecule is CCNC(=NCCCN(CC)CC)N1CCC(N2CCOCC2)C1.I. The van der Waals surface area contributed by atoms with Crippen molar-refractivity contribution in [3.8, 4) is 0 Å². The van der Waals surface area contributed by atoms with Crippen LogP contribution >= 0.6 is 24.0 Å². The van der Waals surface area contributed by atoms with E-state index in [9.17, 15) is 0 Å². The lowest BCUT2D eigenvalue weighted by Gasteiger charge is -2.32. The summed E-state index contributed by atoms with van der Waals surface area (Å²) in [6, 6.07) is 0.661. The zero-order chi connectivity index (χ0) is 17.2. The number of hydrogen-bond acceptors (Lipinski definition) is 4. The van der Waals surface area contributed by atoms with Gasteiger partial charge in [-0.3, -0.25) is 9.89 Å². The topological polar surface area (TPSA) is 43.3 Å². The molecule has 0 bridgehead atoms. The van der Waals surface area contributed by atoms with Crippen LogP contribution in [-0.2, 0) is 4.74 Å². The van der Waals surface area contributed by atoms with E-state index in [2.05, 4.69) is 40.8 Å². The van der Waals surface area contributed by atoms with Gasteiger partial charge < -0.3 is 19.9 Å². The van der Waals surface area contributed by atoms with Crippen LogP contribution in [0.4, 0.5) is 0 Å². The number of ether oxygens (including phenoxy) is 1. The number of aliphatic imine (C=N–C) groups is 1. The Morgan fingerprint density at radius 2 is 1.88 bits per heavy atom. The minimum Gasteiger partial charge on any atom is -0.379 e. The molecule has 2 fully saturated rings. The zero-order valence-corrected chi connectivity index (χ0v) is 18.7. The molecule has 2 heterocycles. The van der Waals surface area contributed by atoms with E-state index in [1.54, 1.807) is 0 Å². The van der Waals surface area contributed by atoms with Gasteiger partial charge in [0.25, 0.3) is 0 Å². The second kappa shape index (κ2) is 13.1. The Morgan fingerprint density at radius 3 is 2.52 bits per heavy atom. The second-order valence-electron chi connectivity index (χ2n) is 6.65.